The number of aromatic nitrogens is 2. The topological polar surface area (TPSA) is 53.1 Å². The van der Waals surface area contributed by atoms with Gasteiger partial charge in [-0.15, -0.1) is 0 Å². The van der Waals surface area contributed by atoms with Crippen LogP contribution in [0.3, 0.4) is 0 Å². The summed E-state index contributed by atoms with van der Waals surface area (Å²) in [7, 11) is 1.66. The highest BCUT2D eigenvalue weighted by atomic mass is 16.5. The van der Waals surface area contributed by atoms with Crippen LogP contribution in [0.2, 0.25) is 0 Å². The molecule has 0 spiro atoms. The Morgan fingerprint density at radius 2 is 2.12 bits per heavy atom. The second-order valence-electron chi connectivity index (χ2n) is 4.05. The lowest BCUT2D eigenvalue weighted by Crippen LogP contribution is -2.04. The predicted molar refractivity (Wildman–Crippen MR) is 67.5 cm³/mol. The van der Waals surface area contributed by atoms with Gasteiger partial charge in [-0.05, 0) is 31.5 Å². The molecule has 0 saturated carbocycles. The number of hydrogen-bond acceptors (Lipinski definition) is 3. The van der Waals surface area contributed by atoms with Crippen molar-refractivity contribution >= 4 is 0 Å². The zero-order valence-electron chi connectivity index (χ0n) is 10.4. The quantitative estimate of drug-likeness (QED) is 0.878. The molecule has 0 aliphatic rings. The summed E-state index contributed by atoms with van der Waals surface area (Å²) in [5, 5.41) is 4.36. The molecule has 0 atom stereocenters. The summed E-state index contributed by atoms with van der Waals surface area (Å²) >= 11 is 0. The molecule has 90 valence electrons. The van der Waals surface area contributed by atoms with Crippen molar-refractivity contribution in [2.45, 2.75) is 20.4 Å². The van der Waals surface area contributed by atoms with E-state index in [0.717, 1.165) is 22.7 Å². The molecule has 0 amide bonds. The first-order valence-corrected chi connectivity index (χ1v) is 5.56. The number of nitrogens with zero attached hydrogens (tertiary/aromatic N) is 2. The van der Waals surface area contributed by atoms with Gasteiger partial charge in [-0.25, -0.2) is 4.68 Å². The van der Waals surface area contributed by atoms with E-state index in [1.165, 1.54) is 5.56 Å². The summed E-state index contributed by atoms with van der Waals surface area (Å²) in [4.78, 5) is 0. The van der Waals surface area contributed by atoms with Crippen molar-refractivity contribution in [2.24, 2.45) is 5.73 Å². The molecule has 0 saturated heterocycles. The summed E-state index contributed by atoms with van der Waals surface area (Å²) in [5.41, 5.74) is 9.88. The Kier molecular flexibility index (Phi) is 3.15. The van der Waals surface area contributed by atoms with Crippen molar-refractivity contribution in [3.05, 3.63) is 41.2 Å². The van der Waals surface area contributed by atoms with Gasteiger partial charge < -0.3 is 10.5 Å². The molecule has 17 heavy (non-hydrogen) atoms. The van der Waals surface area contributed by atoms with E-state index in [0.29, 0.717) is 6.54 Å². The van der Waals surface area contributed by atoms with Crippen LogP contribution in [0.15, 0.2) is 24.4 Å². The van der Waals surface area contributed by atoms with Gasteiger partial charge in [-0.2, -0.15) is 5.10 Å². The van der Waals surface area contributed by atoms with Crippen molar-refractivity contribution in [1.29, 1.82) is 0 Å². The third-order valence-electron chi connectivity index (χ3n) is 2.89. The average molecular weight is 231 g/mol. The highest BCUT2D eigenvalue weighted by Gasteiger charge is 2.11. The van der Waals surface area contributed by atoms with E-state index in [1.54, 1.807) is 13.3 Å². The largest absolute Gasteiger partial charge is 0.494 e. The molecule has 0 fully saturated rings. The minimum Gasteiger partial charge on any atom is -0.494 e. The molecule has 1 aromatic heterocycles. The molecule has 0 unspecified atom stereocenters. The van der Waals surface area contributed by atoms with E-state index in [2.05, 4.69) is 11.2 Å². The standard InChI is InChI=1S/C13H17N3O/c1-9-4-5-13(17-3)12(6-9)16-10(2)11(7-14)8-15-16/h4-6,8H,7,14H2,1-3H3. The summed E-state index contributed by atoms with van der Waals surface area (Å²) in [6, 6.07) is 6.03. The van der Waals surface area contributed by atoms with E-state index in [9.17, 15) is 0 Å². The zero-order chi connectivity index (χ0) is 12.4. The van der Waals surface area contributed by atoms with Crippen LogP contribution in [0, 0.1) is 13.8 Å². The third kappa shape index (κ3) is 2.03. The van der Waals surface area contributed by atoms with Crippen molar-refractivity contribution < 1.29 is 4.74 Å². The number of methoxy groups -OCH3 is 1. The predicted octanol–water partition coefficient (Wildman–Crippen LogP) is 1.96. The first-order valence-electron chi connectivity index (χ1n) is 5.56. The van der Waals surface area contributed by atoms with Crippen LogP contribution in [0.4, 0.5) is 0 Å². The first-order chi connectivity index (χ1) is 8.17. The monoisotopic (exact) mass is 231 g/mol. The fourth-order valence-electron chi connectivity index (χ4n) is 1.85. The van der Waals surface area contributed by atoms with Crippen LogP contribution in [-0.2, 0) is 6.54 Å². The Balaban J connectivity index is 2.58. The lowest BCUT2D eigenvalue weighted by Gasteiger charge is -2.11. The van der Waals surface area contributed by atoms with Gasteiger partial charge in [0.15, 0.2) is 0 Å². The maximum atomic E-state index is 5.66. The van der Waals surface area contributed by atoms with E-state index in [1.807, 2.05) is 30.7 Å². The fourth-order valence-corrected chi connectivity index (χ4v) is 1.85. The van der Waals surface area contributed by atoms with E-state index >= 15 is 0 Å². The van der Waals surface area contributed by atoms with Gasteiger partial charge >= 0.3 is 0 Å². The molecule has 0 radical (unpaired) electrons. The Labute approximate surface area is 101 Å². The second-order valence-corrected chi connectivity index (χ2v) is 4.05. The molecule has 2 rings (SSSR count). The summed E-state index contributed by atoms with van der Waals surface area (Å²) < 4.78 is 7.23. The first kappa shape index (κ1) is 11.7. The Bertz CT molecular complexity index is 531. The van der Waals surface area contributed by atoms with Crippen LogP contribution in [0.1, 0.15) is 16.8 Å². The molecule has 0 aliphatic heterocycles. The van der Waals surface area contributed by atoms with Crippen LogP contribution in [0.25, 0.3) is 5.69 Å². The maximum Gasteiger partial charge on any atom is 0.144 e. The van der Waals surface area contributed by atoms with Gasteiger partial charge in [0, 0.05) is 17.8 Å². The number of hydrogen-bond donors (Lipinski definition) is 1. The van der Waals surface area contributed by atoms with Crippen LogP contribution < -0.4 is 10.5 Å². The number of rotatable bonds is 3. The molecular formula is C13H17N3O. The van der Waals surface area contributed by atoms with Crippen LogP contribution in [0.5, 0.6) is 5.75 Å². The molecule has 2 aromatic rings. The maximum absolute atomic E-state index is 5.66. The number of nitrogens with two attached hydrogens (primary N) is 1. The molecule has 0 bridgehead atoms. The van der Waals surface area contributed by atoms with Crippen molar-refractivity contribution in [1.82, 2.24) is 9.78 Å². The van der Waals surface area contributed by atoms with E-state index in [4.69, 9.17) is 10.5 Å². The van der Waals surface area contributed by atoms with Gasteiger partial charge in [-0.3, -0.25) is 0 Å². The Morgan fingerprint density at radius 1 is 1.35 bits per heavy atom. The summed E-state index contributed by atoms with van der Waals surface area (Å²) in [6.07, 6.45) is 1.80. The highest BCUT2D eigenvalue weighted by molar-refractivity contribution is 5.49. The average Bonchev–Trinajstić information content (AvgIpc) is 2.70. The number of aryl methyl sites for hydroxylation is 1. The van der Waals surface area contributed by atoms with Crippen molar-refractivity contribution in [3.8, 4) is 11.4 Å². The molecule has 0 aliphatic carbocycles. The Hall–Kier alpha value is -1.81. The van der Waals surface area contributed by atoms with Gasteiger partial charge in [0.1, 0.15) is 11.4 Å². The second kappa shape index (κ2) is 4.59. The number of benzene rings is 1. The minimum atomic E-state index is 0.500. The van der Waals surface area contributed by atoms with Crippen LogP contribution >= 0.6 is 0 Å². The van der Waals surface area contributed by atoms with Crippen LogP contribution in [-0.4, -0.2) is 16.9 Å². The molecule has 4 heteroatoms. The minimum absolute atomic E-state index is 0.500. The smallest absolute Gasteiger partial charge is 0.144 e. The molecular weight excluding hydrogens is 214 g/mol. The summed E-state index contributed by atoms with van der Waals surface area (Å²) in [5.74, 6) is 0.811. The Morgan fingerprint density at radius 3 is 2.71 bits per heavy atom. The molecule has 2 N–H and O–H groups in total. The highest BCUT2D eigenvalue weighted by Crippen LogP contribution is 2.25. The molecule has 1 aromatic carbocycles. The van der Waals surface area contributed by atoms with Gasteiger partial charge in [-0.1, -0.05) is 6.07 Å². The van der Waals surface area contributed by atoms with E-state index < -0.39 is 0 Å². The van der Waals surface area contributed by atoms with E-state index in [-0.39, 0.29) is 0 Å². The van der Waals surface area contributed by atoms with Crippen molar-refractivity contribution in [3.63, 3.8) is 0 Å². The lowest BCUT2D eigenvalue weighted by atomic mass is 10.2. The molecule has 1 heterocycles. The van der Waals surface area contributed by atoms with Gasteiger partial charge in [0.2, 0.25) is 0 Å². The fraction of sp³-hybridized carbons (Fsp3) is 0.308. The SMILES string of the molecule is COc1ccc(C)cc1-n1ncc(CN)c1C. The third-order valence-corrected chi connectivity index (χ3v) is 2.89. The normalized spacial score (nSPS) is 10.6. The summed E-state index contributed by atoms with van der Waals surface area (Å²) in [6.45, 7) is 4.56. The molecule has 4 nitrogen and oxygen atoms in total. The zero-order valence-corrected chi connectivity index (χ0v) is 10.4. The van der Waals surface area contributed by atoms with Gasteiger partial charge in [0.25, 0.3) is 0 Å². The van der Waals surface area contributed by atoms with Crippen molar-refractivity contribution in [2.75, 3.05) is 7.11 Å². The number of ether oxygens (including phenoxy) is 1. The lowest BCUT2D eigenvalue weighted by molar-refractivity contribution is 0.411. The van der Waals surface area contributed by atoms with Gasteiger partial charge in [0.05, 0.1) is 13.3 Å².